The number of ether oxygens (including phenoxy) is 1. The van der Waals surface area contributed by atoms with Crippen molar-refractivity contribution >= 4 is 15.9 Å². The van der Waals surface area contributed by atoms with E-state index in [1.54, 1.807) is 0 Å². The number of alkyl halides is 1. The third-order valence-corrected chi connectivity index (χ3v) is 4.99. The molecule has 0 saturated carbocycles. The van der Waals surface area contributed by atoms with Gasteiger partial charge in [-0.15, -0.1) is 0 Å². The van der Waals surface area contributed by atoms with E-state index in [4.69, 9.17) is 4.74 Å². The van der Waals surface area contributed by atoms with Crippen molar-refractivity contribution < 1.29 is 4.74 Å². The smallest absolute Gasteiger partial charge is 0.0576 e. The molecule has 1 atom stereocenters. The van der Waals surface area contributed by atoms with Gasteiger partial charge in [-0.25, -0.2) is 0 Å². The van der Waals surface area contributed by atoms with Gasteiger partial charge in [-0.2, -0.15) is 0 Å². The SMILES string of the molecule is CCC(CC)(CBr)CCC1CCCO1. The Balaban J connectivity index is 2.31. The van der Waals surface area contributed by atoms with Crippen LogP contribution < -0.4 is 0 Å². The quantitative estimate of drug-likeness (QED) is 0.654. The molecule has 0 radical (unpaired) electrons. The van der Waals surface area contributed by atoms with Crippen LogP contribution in [-0.4, -0.2) is 18.0 Å². The second-order valence-electron chi connectivity index (χ2n) is 4.51. The van der Waals surface area contributed by atoms with E-state index in [2.05, 4.69) is 29.8 Å². The van der Waals surface area contributed by atoms with Crippen molar-refractivity contribution in [2.24, 2.45) is 5.41 Å². The van der Waals surface area contributed by atoms with E-state index in [1.165, 1.54) is 38.5 Å². The van der Waals surface area contributed by atoms with Crippen LogP contribution in [0.5, 0.6) is 0 Å². The van der Waals surface area contributed by atoms with Crippen molar-refractivity contribution in [3.05, 3.63) is 0 Å². The predicted octanol–water partition coefficient (Wildman–Crippen LogP) is 4.15. The van der Waals surface area contributed by atoms with E-state index in [0.29, 0.717) is 11.5 Å². The van der Waals surface area contributed by atoms with Crippen LogP contribution in [0.4, 0.5) is 0 Å². The predicted molar refractivity (Wildman–Crippen MR) is 65.0 cm³/mol. The maximum absolute atomic E-state index is 5.67. The van der Waals surface area contributed by atoms with E-state index in [0.717, 1.165) is 11.9 Å². The maximum atomic E-state index is 5.67. The Hall–Kier alpha value is 0.440. The largest absolute Gasteiger partial charge is 0.378 e. The van der Waals surface area contributed by atoms with Crippen molar-refractivity contribution in [1.29, 1.82) is 0 Å². The van der Waals surface area contributed by atoms with Crippen LogP contribution in [0.1, 0.15) is 52.4 Å². The van der Waals surface area contributed by atoms with Crippen molar-refractivity contribution in [2.45, 2.75) is 58.5 Å². The summed E-state index contributed by atoms with van der Waals surface area (Å²) in [6.07, 6.45) is 8.24. The first kappa shape index (κ1) is 12.5. The van der Waals surface area contributed by atoms with E-state index < -0.39 is 0 Å². The normalized spacial score (nSPS) is 22.9. The Labute approximate surface area is 96.7 Å². The molecule has 14 heavy (non-hydrogen) atoms. The molecule has 1 fully saturated rings. The first-order valence-electron chi connectivity index (χ1n) is 5.94. The molecule has 1 heterocycles. The molecule has 0 amide bonds. The Morgan fingerprint density at radius 1 is 1.36 bits per heavy atom. The Morgan fingerprint density at radius 2 is 2.07 bits per heavy atom. The zero-order valence-corrected chi connectivity index (χ0v) is 11.1. The van der Waals surface area contributed by atoms with Crippen LogP contribution >= 0.6 is 15.9 Å². The third kappa shape index (κ3) is 3.23. The lowest BCUT2D eigenvalue weighted by atomic mass is 9.79. The average molecular weight is 263 g/mol. The molecule has 0 aromatic carbocycles. The summed E-state index contributed by atoms with van der Waals surface area (Å²) in [5.41, 5.74) is 0.520. The summed E-state index contributed by atoms with van der Waals surface area (Å²) in [5, 5.41) is 1.14. The summed E-state index contributed by atoms with van der Waals surface area (Å²) in [5.74, 6) is 0. The Bertz CT molecular complexity index is 140. The lowest BCUT2D eigenvalue weighted by Gasteiger charge is -2.30. The van der Waals surface area contributed by atoms with Gasteiger partial charge in [-0.3, -0.25) is 0 Å². The first-order valence-corrected chi connectivity index (χ1v) is 7.06. The molecule has 1 aliphatic rings. The van der Waals surface area contributed by atoms with Gasteiger partial charge >= 0.3 is 0 Å². The van der Waals surface area contributed by atoms with Crippen molar-refractivity contribution in [1.82, 2.24) is 0 Å². The van der Waals surface area contributed by atoms with Crippen LogP contribution in [0, 0.1) is 5.41 Å². The molecule has 1 saturated heterocycles. The monoisotopic (exact) mass is 262 g/mol. The minimum absolute atomic E-state index is 0.520. The number of hydrogen-bond acceptors (Lipinski definition) is 1. The van der Waals surface area contributed by atoms with Gasteiger partial charge in [0.25, 0.3) is 0 Å². The van der Waals surface area contributed by atoms with Crippen molar-refractivity contribution in [3.63, 3.8) is 0 Å². The Kier molecular flexibility index (Phi) is 5.47. The van der Waals surface area contributed by atoms with Crippen LogP contribution in [0.25, 0.3) is 0 Å². The molecule has 1 rings (SSSR count). The fourth-order valence-corrected chi connectivity index (χ4v) is 3.27. The summed E-state index contributed by atoms with van der Waals surface area (Å²) in [6.45, 7) is 5.60. The highest BCUT2D eigenvalue weighted by Gasteiger charge is 2.26. The van der Waals surface area contributed by atoms with Gasteiger partial charge in [-0.1, -0.05) is 29.8 Å². The van der Waals surface area contributed by atoms with E-state index in [1.807, 2.05) is 0 Å². The number of hydrogen-bond donors (Lipinski definition) is 0. The zero-order valence-electron chi connectivity index (χ0n) is 9.52. The van der Waals surface area contributed by atoms with Gasteiger partial charge < -0.3 is 4.74 Å². The van der Waals surface area contributed by atoms with Crippen LogP contribution in [0.3, 0.4) is 0 Å². The minimum atomic E-state index is 0.520. The van der Waals surface area contributed by atoms with Gasteiger partial charge in [0.2, 0.25) is 0 Å². The molecule has 1 nitrogen and oxygen atoms in total. The lowest BCUT2D eigenvalue weighted by molar-refractivity contribution is 0.0890. The van der Waals surface area contributed by atoms with Gasteiger partial charge in [0, 0.05) is 11.9 Å². The topological polar surface area (TPSA) is 9.23 Å². The highest BCUT2D eigenvalue weighted by atomic mass is 79.9. The molecule has 2 heteroatoms. The summed E-state index contributed by atoms with van der Waals surface area (Å²) in [7, 11) is 0. The van der Waals surface area contributed by atoms with Crippen molar-refractivity contribution in [3.8, 4) is 0 Å². The van der Waals surface area contributed by atoms with E-state index in [-0.39, 0.29) is 0 Å². The zero-order chi connectivity index (χ0) is 10.4. The number of halogens is 1. The molecule has 0 aromatic rings. The summed E-state index contributed by atoms with van der Waals surface area (Å²) in [6, 6.07) is 0. The van der Waals surface area contributed by atoms with Gasteiger partial charge in [0.1, 0.15) is 0 Å². The third-order valence-electron chi connectivity index (χ3n) is 3.80. The standard InChI is InChI=1S/C12H23BrO/c1-3-12(4-2,10-13)8-7-11-6-5-9-14-11/h11H,3-10H2,1-2H3. The second kappa shape index (κ2) is 6.12. The molecule has 0 aliphatic carbocycles. The summed E-state index contributed by atoms with van der Waals surface area (Å²) >= 11 is 3.66. The lowest BCUT2D eigenvalue weighted by Crippen LogP contribution is -2.23. The fraction of sp³-hybridized carbons (Fsp3) is 1.00. The van der Waals surface area contributed by atoms with Gasteiger partial charge in [0.05, 0.1) is 6.10 Å². The fourth-order valence-electron chi connectivity index (χ4n) is 2.20. The van der Waals surface area contributed by atoms with Gasteiger partial charge in [0.15, 0.2) is 0 Å². The van der Waals surface area contributed by atoms with Crippen LogP contribution in [0.2, 0.25) is 0 Å². The Morgan fingerprint density at radius 3 is 2.50 bits per heavy atom. The first-order chi connectivity index (χ1) is 6.76. The minimum Gasteiger partial charge on any atom is -0.378 e. The van der Waals surface area contributed by atoms with Crippen LogP contribution in [-0.2, 0) is 4.74 Å². The van der Waals surface area contributed by atoms with Gasteiger partial charge in [-0.05, 0) is 43.9 Å². The second-order valence-corrected chi connectivity index (χ2v) is 5.08. The van der Waals surface area contributed by atoms with E-state index >= 15 is 0 Å². The molecule has 1 aliphatic heterocycles. The maximum Gasteiger partial charge on any atom is 0.0576 e. The molecular formula is C12H23BrO. The molecular weight excluding hydrogens is 240 g/mol. The summed E-state index contributed by atoms with van der Waals surface area (Å²) < 4.78 is 5.67. The molecule has 0 bridgehead atoms. The molecule has 0 aromatic heterocycles. The average Bonchev–Trinajstić information content (AvgIpc) is 2.74. The highest BCUT2D eigenvalue weighted by Crippen LogP contribution is 2.35. The van der Waals surface area contributed by atoms with Crippen molar-refractivity contribution in [2.75, 3.05) is 11.9 Å². The molecule has 0 N–H and O–H groups in total. The molecule has 1 unspecified atom stereocenters. The number of rotatable bonds is 6. The van der Waals surface area contributed by atoms with Crippen LogP contribution in [0.15, 0.2) is 0 Å². The summed E-state index contributed by atoms with van der Waals surface area (Å²) in [4.78, 5) is 0. The highest BCUT2D eigenvalue weighted by molar-refractivity contribution is 9.09. The molecule has 0 spiro atoms. The van der Waals surface area contributed by atoms with E-state index in [9.17, 15) is 0 Å². The molecule has 84 valence electrons.